The van der Waals surface area contributed by atoms with Gasteiger partial charge in [0, 0.05) is 23.7 Å². The maximum Gasteiger partial charge on any atom is 0.251 e. The van der Waals surface area contributed by atoms with Gasteiger partial charge in [0.25, 0.3) is 5.91 Å². The predicted octanol–water partition coefficient (Wildman–Crippen LogP) is 2.03. The number of hydrogen-bond donors (Lipinski definition) is 2. The van der Waals surface area contributed by atoms with Crippen LogP contribution in [0.25, 0.3) is 10.9 Å². The van der Waals surface area contributed by atoms with Gasteiger partial charge in [-0.2, -0.15) is 0 Å². The van der Waals surface area contributed by atoms with Crippen molar-refractivity contribution in [3.63, 3.8) is 0 Å². The molecule has 2 aromatic rings. The Morgan fingerprint density at radius 1 is 1.37 bits per heavy atom. The van der Waals surface area contributed by atoms with Crippen LogP contribution in [0.2, 0.25) is 0 Å². The van der Waals surface area contributed by atoms with Gasteiger partial charge < -0.3 is 11.1 Å². The van der Waals surface area contributed by atoms with E-state index in [0.717, 1.165) is 17.3 Å². The third-order valence-electron chi connectivity index (χ3n) is 2.75. The van der Waals surface area contributed by atoms with Gasteiger partial charge >= 0.3 is 0 Å². The van der Waals surface area contributed by atoms with Crippen molar-refractivity contribution in [1.82, 2.24) is 10.3 Å². The maximum absolute atomic E-state index is 11.9. The average molecular weight is 273 g/mol. The van der Waals surface area contributed by atoms with Gasteiger partial charge in [-0.15, -0.1) is 0 Å². The van der Waals surface area contributed by atoms with Crippen molar-refractivity contribution < 1.29 is 4.79 Å². The van der Waals surface area contributed by atoms with E-state index in [4.69, 9.17) is 18.0 Å². The normalized spacial score (nSPS) is 10.3. The molecule has 1 aromatic carbocycles. The van der Waals surface area contributed by atoms with Gasteiger partial charge in [0.2, 0.25) is 0 Å². The van der Waals surface area contributed by atoms with Crippen LogP contribution < -0.4 is 11.1 Å². The summed E-state index contributed by atoms with van der Waals surface area (Å²) in [4.78, 5) is 16.6. The molecule has 0 radical (unpaired) electrons. The van der Waals surface area contributed by atoms with Crippen molar-refractivity contribution in [2.75, 3.05) is 6.54 Å². The summed E-state index contributed by atoms with van der Waals surface area (Å²) in [5.74, 6) is -0.0892. The summed E-state index contributed by atoms with van der Waals surface area (Å²) in [6.45, 7) is 0.571. The Bertz CT molecular complexity index is 612. The van der Waals surface area contributed by atoms with E-state index in [1.165, 1.54) is 0 Å². The van der Waals surface area contributed by atoms with Crippen LogP contribution in [0, 0.1) is 0 Å². The quantitative estimate of drug-likeness (QED) is 0.646. The lowest BCUT2D eigenvalue weighted by molar-refractivity contribution is 0.0953. The molecule has 4 nitrogen and oxygen atoms in total. The van der Waals surface area contributed by atoms with Crippen LogP contribution >= 0.6 is 12.2 Å². The van der Waals surface area contributed by atoms with E-state index < -0.39 is 0 Å². The zero-order valence-corrected chi connectivity index (χ0v) is 11.2. The van der Waals surface area contributed by atoms with Gasteiger partial charge in [-0.3, -0.25) is 9.78 Å². The number of nitrogens with zero attached hydrogens (tertiary/aromatic N) is 1. The van der Waals surface area contributed by atoms with Crippen LogP contribution in [0.15, 0.2) is 36.5 Å². The Labute approximate surface area is 117 Å². The molecule has 0 saturated carbocycles. The largest absolute Gasteiger partial charge is 0.393 e. The van der Waals surface area contributed by atoms with Crippen molar-refractivity contribution in [1.29, 1.82) is 0 Å². The molecule has 0 unspecified atom stereocenters. The minimum atomic E-state index is -0.0892. The molecule has 0 bridgehead atoms. The molecule has 0 saturated heterocycles. The summed E-state index contributed by atoms with van der Waals surface area (Å²) >= 11 is 4.78. The topological polar surface area (TPSA) is 68.0 Å². The van der Waals surface area contributed by atoms with Crippen molar-refractivity contribution in [2.45, 2.75) is 12.8 Å². The number of nitrogens with one attached hydrogen (secondary N) is 1. The smallest absolute Gasteiger partial charge is 0.251 e. The van der Waals surface area contributed by atoms with Gasteiger partial charge in [0.05, 0.1) is 10.5 Å². The number of nitrogens with two attached hydrogens (primary N) is 1. The Kier molecular flexibility index (Phi) is 4.41. The van der Waals surface area contributed by atoms with E-state index in [9.17, 15) is 4.79 Å². The van der Waals surface area contributed by atoms with E-state index >= 15 is 0 Å². The summed E-state index contributed by atoms with van der Waals surface area (Å²) in [7, 11) is 0. The van der Waals surface area contributed by atoms with Gasteiger partial charge in [-0.1, -0.05) is 18.3 Å². The summed E-state index contributed by atoms with van der Waals surface area (Å²) in [5, 5.41) is 3.80. The number of carbonyl (C=O) groups excluding carboxylic acids is 1. The zero-order valence-electron chi connectivity index (χ0n) is 10.4. The number of carbonyl (C=O) groups is 1. The fourth-order valence-corrected chi connectivity index (χ4v) is 1.93. The predicted molar refractivity (Wildman–Crippen MR) is 80.1 cm³/mol. The second-order valence-electron chi connectivity index (χ2n) is 4.24. The van der Waals surface area contributed by atoms with Gasteiger partial charge in [0.15, 0.2) is 0 Å². The molecule has 0 fully saturated rings. The summed E-state index contributed by atoms with van der Waals surface area (Å²) in [6, 6.07) is 9.25. The highest BCUT2D eigenvalue weighted by Gasteiger charge is 2.05. The number of aromatic nitrogens is 1. The van der Waals surface area contributed by atoms with Crippen molar-refractivity contribution in [3.05, 3.63) is 42.1 Å². The van der Waals surface area contributed by atoms with Crippen molar-refractivity contribution in [3.8, 4) is 0 Å². The fraction of sp³-hybridized carbons (Fsp3) is 0.214. The van der Waals surface area contributed by atoms with Crippen LogP contribution in [0.3, 0.4) is 0 Å². The van der Waals surface area contributed by atoms with Crippen LogP contribution in [0.4, 0.5) is 0 Å². The highest BCUT2D eigenvalue weighted by molar-refractivity contribution is 7.80. The van der Waals surface area contributed by atoms with Gasteiger partial charge in [0.1, 0.15) is 0 Å². The number of rotatable bonds is 5. The van der Waals surface area contributed by atoms with E-state index in [2.05, 4.69) is 10.3 Å². The van der Waals surface area contributed by atoms with E-state index in [0.29, 0.717) is 23.5 Å². The van der Waals surface area contributed by atoms with Crippen molar-refractivity contribution >= 4 is 34.0 Å². The summed E-state index contributed by atoms with van der Waals surface area (Å²) in [5.41, 5.74) is 6.91. The molecule has 98 valence electrons. The first-order valence-electron chi connectivity index (χ1n) is 6.08. The first-order valence-corrected chi connectivity index (χ1v) is 6.49. The highest BCUT2D eigenvalue weighted by Crippen LogP contribution is 2.13. The second kappa shape index (κ2) is 6.24. The Morgan fingerprint density at radius 2 is 2.21 bits per heavy atom. The molecule has 19 heavy (non-hydrogen) atoms. The standard InChI is InChI=1S/C14H15N3OS/c15-13(19)4-2-8-17-14(18)11-5-6-12-10(9-11)3-1-7-16-12/h1,3,5-7,9H,2,4,8H2,(H2,15,19)(H,17,18). The zero-order chi connectivity index (χ0) is 13.7. The number of fused-ring (bicyclic) bond motifs is 1. The monoisotopic (exact) mass is 273 g/mol. The molecule has 2 rings (SSSR count). The lowest BCUT2D eigenvalue weighted by Gasteiger charge is -2.05. The SMILES string of the molecule is NC(=S)CCCNC(=O)c1ccc2ncccc2c1. The first kappa shape index (κ1) is 13.4. The van der Waals surface area contributed by atoms with E-state index in [1.807, 2.05) is 24.3 Å². The summed E-state index contributed by atoms with van der Waals surface area (Å²) < 4.78 is 0. The number of pyridine rings is 1. The molecule has 3 N–H and O–H groups in total. The second-order valence-corrected chi connectivity index (χ2v) is 4.76. The van der Waals surface area contributed by atoms with Crippen LogP contribution in [-0.4, -0.2) is 22.4 Å². The minimum Gasteiger partial charge on any atom is -0.393 e. The average Bonchev–Trinajstić information content (AvgIpc) is 2.42. The first-order chi connectivity index (χ1) is 9.16. The number of hydrogen-bond acceptors (Lipinski definition) is 3. The molecular formula is C14H15N3OS. The molecule has 0 aliphatic carbocycles. The number of amides is 1. The minimum absolute atomic E-state index is 0.0892. The van der Waals surface area contributed by atoms with E-state index in [-0.39, 0.29) is 5.91 Å². The highest BCUT2D eigenvalue weighted by atomic mass is 32.1. The molecule has 5 heteroatoms. The maximum atomic E-state index is 11.9. The molecular weight excluding hydrogens is 258 g/mol. The lowest BCUT2D eigenvalue weighted by atomic mass is 10.1. The Hall–Kier alpha value is -2.01. The van der Waals surface area contributed by atoms with E-state index in [1.54, 1.807) is 12.3 Å². The molecule has 1 amide bonds. The molecule has 1 aromatic heterocycles. The van der Waals surface area contributed by atoms with Crippen molar-refractivity contribution in [2.24, 2.45) is 5.73 Å². The van der Waals surface area contributed by atoms with Gasteiger partial charge in [-0.25, -0.2) is 0 Å². The fourth-order valence-electron chi connectivity index (χ4n) is 1.78. The molecule has 1 heterocycles. The van der Waals surface area contributed by atoms with Crippen LogP contribution in [0.1, 0.15) is 23.2 Å². The number of thiocarbonyl (C=S) groups is 1. The summed E-state index contributed by atoms with van der Waals surface area (Å²) in [6.07, 6.45) is 3.14. The molecule has 0 spiro atoms. The third kappa shape index (κ3) is 3.72. The Balaban J connectivity index is 1.99. The lowest BCUT2D eigenvalue weighted by Crippen LogP contribution is -2.25. The molecule has 0 aliphatic heterocycles. The molecule has 0 aliphatic rings. The Morgan fingerprint density at radius 3 is 3.00 bits per heavy atom. The van der Waals surface area contributed by atoms with Gasteiger partial charge in [-0.05, 0) is 37.1 Å². The van der Waals surface area contributed by atoms with Crippen LogP contribution in [0.5, 0.6) is 0 Å². The third-order valence-corrected chi connectivity index (χ3v) is 2.95. The molecule has 0 atom stereocenters. The van der Waals surface area contributed by atoms with Crippen LogP contribution in [-0.2, 0) is 0 Å². The number of benzene rings is 1.